The van der Waals surface area contributed by atoms with E-state index in [-0.39, 0.29) is 12.2 Å². The molecule has 22 heavy (non-hydrogen) atoms. The SMILES string of the molecule is O=C(O)CCCC/C=C(/c1cccnc1)c1cccc(O)c1. The van der Waals surface area contributed by atoms with Crippen LogP contribution in [0, 0.1) is 0 Å². The number of carbonyl (C=O) groups is 1. The van der Waals surface area contributed by atoms with Gasteiger partial charge in [0, 0.05) is 24.4 Å². The molecule has 1 aromatic heterocycles. The molecule has 114 valence electrons. The monoisotopic (exact) mass is 297 g/mol. The van der Waals surface area contributed by atoms with Crippen LogP contribution in [0.4, 0.5) is 0 Å². The van der Waals surface area contributed by atoms with E-state index in [1.165, 1.54) is 0 Å². The van der Waals surface area contributed by atoms with Crippen molar-refractivity contribution in [3.63, 3.8) is 0 Å². The van der Waals surface area contributed by atoms with E-state index in [1.54, 1.807) is 30.6 Å². The zero-order valence-corrected chi connectivity index (χ0v) is 12.3. The van der Waals surface area contributed by atoms with Crippen molar-refractivity contribution >= 4 is 11.5 Å². The summed E-state index contributed by atoms with van der Waals surface area (Å²) in [5.74, 6) is -0.539. The number of nitrogens with zero attached hydrogens (tertiary/aromatic N) is 1. The van der Waals surface area contributed by atoms with Crippen LogP contribution in [-0.4, -0.2) is 21.2 Å². The Bertz CT molecular complexity index is 650. The number of rotatable bonds is 7. The quantitative estimate of drug-likeness (QED) is 0.761. The Hall–Kier alpha value is -2.62. The Morgan fingerprint density at radius 2 is 1.95 bits per heavy atom. The fraction of sp³-hybridized carbons (Fsp3) is 0.222. The molecule has 1 heterocycles. The lowest BCUT2D eigenvalue weighted by atomic mass is 9.97. The first-order valence-corrected chi connectivity index (χ1v) is 7.28. The van der Waals surface area contributed by atoms with Gasteiger partial charge < -0.3 is 10.2 Å². The van der Waals surface area contributed by atoms with Crippen molar-refractivity contribution < 1.29 is 15.0 Å². The molecule has 0 fully saturated rings. The molecule has 0 amide bonds. The number of aliphatic carboxylic acids is 1. The van der Waals surface area contributed by atoms with Crippen molar-refractivity contribution in [2.24, 2.45) is 0 Å². The van der Waals surface area contributed by atoms with E-state index in [9.17, 15) is 9.90 Å². The zero-order chi connectivity index (χ0) is 15.8. The fourth-order valence-corrected chi connectivity index (χ4v) is 2.26. The Morgan fingerprint density at radius 3 is 2.64 bits per heavy atom. The highest BCUT2D eigenvalue weighted by atomic mass is 16.4. The van der Waals surface area contributed by atoms with Gasteiger partial charge in [0.25, 0.3) is 0 Å². The lowest BCUT2D eigenvalue weighted by molar-refractivity contribution is -0.137. The lowest BCUT2D eigenvalue weighted by Gasteiger charge is -2.09. The predicted octanol–water partition coefficient (Wildman–Crippen LogP) is 3.86. The molecule has 0 aliphatic rings. The van der Waals surface area contributed by atoms with Gasteiger partial charge in [-0.25, -0.2) is 0 Å². The highest BCUT2D eigenvalue weighted by molar-refractivity contribution is 5.79. The smallest absolute Gasteiger partial charge is 0.303 e. The zero-order valence-electron chi connectivity index (χ0n) is 12.3. The van der Waals surface area contributed by atoms with Crippen LogP contribution < -0.4 is 0 Å². The number of carboxylic acid groups (broad SMARTS) is 1. The van der Waals surface area contributed by atoms with E-state index in [0.29, 0.717) is 6.42 Å². The highest BCUT2D eigenvalue weighted by Crippen LogP contribution is 2.26. The molecular weight excluding hydrogens is 278 g/mol. The number of aromatic hydroxyl groups is 1. The Balaban J connectivity index is 2.17. The molecule has 0 saturated carbocycles. The molecule has 2 rings (SSSR count). The van der Waals surface area contributed by atoms with Gasteiger partial charge in [0.2, 0.25) is 0 Å². The summed E-state index contributed by atoms with van der Waals surface area (Å²) in [6.07, 6.45) is 8.04. The predicted molar refractivity (Wildman–Crippen MR) is 85.5 cm³/mol. The summed E-state index contributed by atoms with van der Waals surface area (Å²) < 4.78 is 0. The van der Waals surface area contributed by atoms with Gasteiger partial charge in [-0.3, -0.25) is 9.78 Å². The summed E-state index contributed by atoms with van der Waals surface area (Å²) in [6, 6.07) is 10.9. The number of hydrogen-bond acceptors (Lipinski definition) is 3. The fourth-order valence-electron chi connectivity index (χ4n) is 2.26. The van der Waals surface area contributed by atoms with Crippen molar-refractivity contribution in [3.05, 3.63) is 66.0 Å². The van der Waals surface area contributed by atoms with Crippen molar-refractivity contribution in [1.82, 2.24) is 4.98 Å². The van der Waals surface area contributed by atoms with Gasteiger partial charge >= 0.3 is 5.97 Å². The van der Waals surface area contributed by atoms with Crippen molar-refractivity contribution in [1.29, 1.82) is 0 Å². The van der Waals surface area contributed by atoms with E-state index >= 15 is 0 Å². The number of allylic oxidation sites excluding steroid dienone is 1. The second-order valence-electron chi connectivity index (χ2n) is 5.05. The lowest BCUT2D eigenvalue weighted by Crippen LogP contribution is -1.93. The third-order valence-electron chi connectivity index (χ3n) is 3.32. The van der Waals surface area contributed by atoms with Crippen LogP contribution in [0.25, 0.3) is 5.57 Å². The molecule has 0 radical (unpaired) electrons. The topological polar surface area (TPSA) is 70.4 Å². The van der Waals surface area contributed by atoms with Gasteiger partial charge in [-0.2, -0.15) is 0 Å². The summed E-state index contributed by atoms with van der Waals surface area (Å²) in [5.41, 5.74) is 2.90. The molecule has 0 atom stereocenters. The minimum atomic E-state index is -0.760. The van der Waals surface area contributed by atoms with Gasteiger partial charge in [0.05, 0.1) is 0 Å². The third-order valence-corrected chi connectivity index (χ3v) is 3.32. The van der Waals surface area contributed by atoms with E-state index in [4.69, 9.17) is 5.11 Å². The van der Waals surface area contributed by atoms with Crippen LogP contribution in [0.3, 0.4) is 0 Å². The molecular formula is C18H19NO3. The molecule has 1 aromatic carbocycles. The Kier molecular flexibility index (Phi) is 5.72. The molecule has 0 aliphatic heterocycles. The summed E-state index contributed by atoms with van der Waals surface area (Å²) in [6.45, 7) is 0. The van der Waals surface area contributed by atoms with Crippen LogP contribution in [0.15, 0.2) is 54.9 Å². The maximum Gasteiger partial charge on any atom is 0.303 e. The van der Waals surface area contributed by atoms with Crippen LogP contribution in [0.5, 0.6) is 5.75 Å². The number of hydrogen-bond donors (Lipinski definition) is 2. The van der Waals surface area contributed by atoms with Crippen LogP contribution in [0.1, 0.15) is 36.8 Å². The number of phenols is 1. The summed E-state index contributed by atoms with van der Waals surface area (Å²) >= 11 is 0. The second kappa shape index (κ2) is 7.98. The van der Waals surface area contributed by atoms with E-state index in [2.05, 4.69) is 11.1 Å². The van der Waals surface area contributed by atoms with Crippen molar-refractivity contribution in [2.45, 2.75) is 25.7 Å². The number of benzene rings is 1. The number of unbranched alkanes of at least 4 members (excludes halogenated alkanes) is 2. The van der Waals surface area contributed by atoms with Crippen molar-refractivity contribution in [3.8, 4) is 5.75 Å². The minimum absolute atomic E-state index is 0.197. The van der Waals surface area contributed by atoms with Crippen LogP contribution >= 0.6 is 0 Å². The first-order chi connectivity index (χ1) is 10.7. The maximum atomic E-state index is 10.5. The molecule has 2 N–H and O–H groups in total. The summed E-state index contributed by atoms with van der Waals surface area (Å²) in [5, 5.41) is 18.3. The average molecular weight is 297 g/mol. The molecule has 4 heteroatoms. The first kappa shape index (κ1) is 15.8. The van der Waals surface area contributed by atoms with E-state index in [1.807, 2.05) is 18.2 Å². The number of carboxylic acids is 1. The molecule has 2 aromatic rings. The summed E-state index contributed by atoms with van der Waals surface area (Å²) in [4.78, 5) is 14.7. The number of pyridine rings is 1. The maximum absolute atomic E-state index is 10.5. The summed E-state index contributed by atoms with van der Waals surface area (Å²) in [7, 11) is 0. The van der Waals surface area contributed by atoms with Crippen LogP contribution in [0.2, 0.25) is 0 Å². The van der Waals surface area contributed by atoms with Gasteiger partial charge in [-0.1, -0.05) is 24.3 Å². The second-order valence-corrected chi connectivity index (χ2v) is 5.05. The molecule has 0 saturated heterocycles. The first-order valence-electron chi connectivity index (χ1n) is 7.28. The molecule has 0 bridgehead atoms. The van der Waals surface area contributed by atoms with Gasteiger partial charge in [-0.05, 0) is 48.6 Å². The number of aromatic nitrogens is 1. The highest BCUT2D eigenvalue weighted by Gasteiger charge is 2.06. The average Bonchev–Trinajstić information content (AvgIpc) is 2.51. The largest absolute Gasteiger partial charge is 0.508 e. The van der Waals surface area contributed by atoms with E-state index < -0.39 is 5.97 Å². The van der Waals surface area contributed by atoms with Crippen LogP contribution in [-0.2, 0) is 4.79 Å². The van der Waals surface area contributed by atoms with Gasteiger partial charge in [0.15, 0.2) is 0 Å². The minimum Gasteiger partial charge on any atom is -0.508 e. The third kappa shape index (κ3) is 4.74. The molecule has 0 aliphatic carbocycles. The van der Waals surface area contributed by atoms with Gasteiger partial charge in [0.1, 0.15) is 5.75 Å². The Morgan fingerprint density at radius 1 is 1.14 bits per heavy atom. The Labute approximate surface area is 129 Å². The molecule has 0 unspecified atom stereocenters. The number of phenolic OH excluding ortho intramolecular Hbond substituents is 1. The molecule has 4 nitrogen and oxygen atoms in total. The van der Waals surface area contributed by atoms with Crippen molar-refractivity contribution in [2.75, 3.05) is 0 Å². The van der Waals surface area contributed by atoms with E-state index in [0.717, 1.165) is 29.5 Å². The normalized spacial score (nSPS) is 11.4. The van der Waals surface area contributed by atoms with Gasteiger partial charge in [-0.15, -0.1) is 0 Å². The standard InChI is InChI=1S/C18H19NO3/c20-16-8-4-6-14(12-16)17(15-7-5-11-19-13-15)9-2-1-3-10-18(21)22/h4-9,11-13,20H,1-3,10H2,(H,21,22)/b17-9+. The molecule has 0 spiro atoms.